The number of hydrogen-bond donors (Lipinski definition) is 1. The molecule has 38 heavy (non-hydrogen) atoms. The number of anilines is 1. The molecule has 5 heterocycles. The van der Waals surface area contributed by atoms with E-state index in [0.717, 1.165) is 23.3 Å². The van der Waals surface area contributed by atoms with Gasteiger partial charge in [-0.2, -0.15) is 13.2 Å². The van der Waals surface area contributed by atoms with Crippen molar-refractivity contribution in [3.63, 3.8) is 0 Å². The smallest absolute Gasteiger partial charge is 0.335 e. The highest BCUT2D eigenvalue weighted by Crippen LogP contribution is 2.41. The molecule has 7 nitrogen and oxygen atoms in total. The summed E-state index contributed by atoms with van der Waals surface area (Å²) in [7, 11) is 0. The van der Waals surface area contributed by atoms with Crippen LogP contribution in [0.3, 0.4) is 0 Å². The van der Waals surface area contributed by atoms with E-state index in [-0.39, 0.29) is 37.7 Å². The number of nitrogens with one attached hydrogen (secondary N) is 1. The van der Waals surface area contributed by atoms with Gasteiger partial charge in [0.25, 0.3) is 0 Å². The highest BCUT2D eigenvalue weighted by molar-refractivity contribution is 7.09. The first-order valence-electron chi connectivity index (χ1n) is 12.5. The van der Waals surface area contributed by atoms with Gasteiger partial charge in [-0.05, 0) is 60.4 Å². The van der Waals surface area contributed by atoms with Gasteiger partial charge >= 0.3 is 12.1 Å². The zero-order valence-electron chi connectivity index (χ0n) is 20.6. The Hall–Kier alpha value is -3.47. The van der Waals surface area contributed by atoms with Gasteiger partial charge in [-0.15, -0.1) is 11.3 Å². The largest absolute Gasteiger partial charge is 0.471 e. The average molecular weight is 545 g/mol. The van der Waals surface area contributed by atoms with E-state index in [2.05, 4.69) is 27.8 Å². The van der Waals surface area contributed by atoms with Gasteiger partial charge in [0.1, 0.15) is 5.82 Å². The van der Waals surface area contributed by atoms with Crippen LogP contribution in [0, 0.1) is 5.41 Å². The lowest BCUT2D eigenvalue weighted by molar-refractivity contribution is -0.187. The van der Waals surface area contributed by atoms with E-state index in [4.69, 9.17) is 0 Å². The standard InChI is InChI=1S/C27H27F3N4O3S/c28-27(29,30)25(37)34-11-7-26(8-12-34)16-20-14-19(17-31-23(20)32-24(26)36)3-4-22(35)33-9-5-18(6-10-33)15-21-2-1-13-38-21/h1-5,13-14,17H,6-12,15-16H2,(H,31,32,36)/b4-3+. The monoisotopic (exact) mass is 544 g/mol. The van der Waals surface area contributed by atoms with Crippen molar-refractivity contribution in [2.45, 2.75) is 38.3 Å². The third-order valence-corrected chi connectivity index (χ3v) is 8.37. The summed E-state index contributed by atoms with van der Waals surface area (Å²) in [6.07, 6.45) is 4.31. The summed E-state index contributed by atoms with van der Waals surface area (Å²) < 4.78 is 38.4. The molecule has 1 saturated heterocycles. The molecular weight excluding hydrogens is 517 g/mol. The number of nitrogens with zero attached hydrogens (tertiary/aromatic N) is 3. The number of likely N-dealkylation sites (tertiary alicyclic amines) is 1. The van der Waals surface area contributed by atoms with Crippen LogP contribution >= 0.6 is 11.3 Å². The third kappa shape index (κ3) is 5.52. The topological polar surface area (TPSA) is 82.6 Å². The second-order valence-corrected chi connectivity index (χ2v) is 11.0. The van der Waals surface area contributed by atoms with E-state index >= 15 is 0 Å². The van der Waals surface area contributed by atoms with E-state index in [9.17, 15) is 27.6 Å². The fourth-order valence-electron chi connectivity index (χ4n) is 5.25. The summed E-state index contributed by atoms with van der Waals surface area (Å²) >= 11 is 1.73. The molecule has 0 aromatic carbocycles. The molecule has 1 fully saturated rings. The Morgan fingerprint density at radius 3 is 2.63 bits per heavy atom. The van der Waals surface area contributed by atoms with Crippen molar-refractivity contribution >= 4 is 41.0 Å². The Morgan fingerprint density at radius 1 is 1.18 bits per heavy atom. The molecule has 0 atom stereocenters. The fraction of sp³-hybridized carbons (Fsp3) is 0.407. The number of amides is 3. The van der Waals surface area contributed by atoms with Gasteiger partial charge in [-0.3, -0.25) is 14.4 Å². The van der Waals surface area contributed by atoms with Gasteiger partial charge in [-0.25, -0.2) is 4.98 Å². The number of carbonyl (C=O) groups is 3. The lowest BCUT2D eigenvalue weighted by Crippen LogP contribution is -2.53. The van der Waals surface area contributed by atoms with Gasteiger partial charge in [0, 0.05) is 49.7 Å². The molecule has 0 bridgehead atoms. The first-order valence-corrected chi connectivity index (χ1v) is 13.3. The van der Waals surface area contributed by atoms with Crippen LogP contribution in [0.15, 0.2) is 47.5 Å². The number of halogens is 3. The quantitative estimate of drug-likeness (QED) is 0.462. The molecule has 200 valence electrons. The summed E-state index contributed by atoms with van der Waals surface area (Å²) in [5.41, 5.74) is 1.90. The molecule has 3 aliphatic heterocycles. The Labute approximate surface area is 222 Å². The first kappa shape index (κ1) is 26.1. The number of fused-ring (bicyclic) bond motifs is 1. The lowest BCUT2D eigenvalue weighted by Gasteiger charge is -2.43. The summed E-state index contributed by atoms with van der Waals surface area (Å²) in [5, 5.41) is 4.84. The van der Waals surface area contributed by atoms with Gasteiger partial charge < -0.3 is 15.1 Å². The minimum absolute atomic E-state index is 0.0966. The molecule has 0 aliphatic carbocycles. The van der Waals surface area contributed by atoms with E-state index in [1.54, 1.807) is 28.5 Å². The highest BCUT2D eigenvalue weighted by Gasteiger charge is 2.49. The van der Waals surface area contributed by atoms with Crippen LogP contribution in [0.2, 0.25) is 0 Å². The number of hydrogen-bond acceptors (Lipinski definition) is 5. The number of alkyl halides is 3. The van der Waals surface area contributed by atoms with Gasteiger partial charge in [0.05, 0.1) is 5.41 Å². The van der Waals surface area contributed by atoms with Crippen molar-refractivity contribution in [2.75, 3.05) is 31.5 Å². The number of aromatic nitrogens is 1. The van der Waals surface area contributed by atoms with E-state index in [1.165, 1.54) is 16.5 Å². The summed E-state index contributed by atoms with van der Waals surface area (Å²) in [5.74, 6) is -1.84. The van der Waals surface area contributed by atoms with Crippen molar-refractivity contribution in [3.05, 3.63) is 63.5 Å². The van der Waals surface area contributed by atoms with Crippen LogP contribution in [0.1, 0.15) is 35.3 Å². The number of piperidine rings is 1. The normalized spacial score (nSPS) is 19.3. The summed E-state index contributed by atoms with van der Waals surface area (Å²) in [4.78, 5) is 45.4. The Morgan fingerprint density at radius 2 is 1.97 bits per heavy atom. The maximum atomic E-state index is 12.8. The van der Waals surface area contributed by atoms with Gasteiger partial charge in [0.2, 0.25) is 11.8 Å². The molecule has 11 heteroatoms. The van der Waals surface area contributed by atoms with Crippen LogP contribution in [-0.4, -0.2) is 64.9 Å². The molecule has 2 aromatic heterocycles. The van der Waals surface area contributed by atoms with E-state index in [1.807, 2.05) is 12.1 Å². The van der Waals surface area contributed by atoms with Crippen LogP contribution in [0.5, 0.6) is 0 Å². The fourth-order valence-corrected chi connectivity index (χ4v) is 6.01. The van der Waals surface area contributed by atoms with Crippen LogP contribution < -0.4 is 5.32 Å². The van der Waals surface area contributed by atoms with E-state index in [0.29, 0.717) is 30.9 Å². The number of carbonyl (C=O) groups excluding carboxylic acids is 3. The molecule has 0 saturated carbocycles. The minimum Gasteiger partial charge on any atom is -0.335 e. The SMILES string of the molecule is O=C(/C=C/c1cnc2c(c1)CC1(CCN(C(=O)C(F)(F)F)CC1)C(=O)N2)N1CC=C(Cc2cccs2)CC1. The molecule has 1 spiro atoms. The maximum absolute atomic E-state index is 12.8. The van der Waals surface area contributed by atoms with Crippen LogP contribution in [0.4, 0.5) is 19.0 Å². The van der Waals surface area contributed by atoms with E-state index < -0.39 is 17.5 Å². The molecule has 0 radical (unpaired) electrons. The first-order chi connectivity index (χ1) is 18.1. The van der Waals surface area contributed by atoms with Gasteiger partial charge in [-0.1, -0.05) is 17.7 Å². The zero-order chi connectivity index (χ0) is 26.9. The van der Waals surface area contributed by atoms with Crippen molar-refractivity contribution in [1.82, 2.24) is 14.8 Å². The molecule has 2 aromatic rings. The molecule has 1 N–H and O–H groups in total. The van der Waals surface area contributed by atoms with Crippen molar-refractivity contribution < 1.29 is 27.6 Å². The summed E-state index contributed by atoms with van der Waals surface area (Å²) in [6.45, 7) is 0.948. The highest BCUT2D eigenvalue weighted by atomic mass is 32.1. The molecule has 0 unspecified atom stereocenters. The Bertz CT molecular complexity index is 1300. The zero-order valence-corrected chi connectivity index (χ0v) is 21.4. The second kappa shape index (κ2) is 10.4. The predicted molar refractivity (Wildman–Crippen MR) is 137 cm³/mol. The minimum atomic E-state index is -4.93. The van der Waals surface area contributed by atoms with Crippen molar-refractivity contribution in [1.29, 1.82) is 0 Å². The number of rotatable bonds is 4. The average Bonchev–Trinajstić information content (AvgIpc) is 3.41. The molecule has 5 rings (SSSR count). The molecule has 3 aliphatic rings. The summed E-state index contributed by atoms with van der Waals surface area (Å²) in [6, 6.07) is 6.00. The molecular formula is C27H27F3N4O3S. The second-order valence-electron chi connectivity index (χ2n) is 9.96. The molecule has 3 amide bonds. The predicted octanol–water partition coefficient (Wildman–Crippen LogP) is 4.22. The van der Waals surface area contributed by atoms with Crippen molar-refractivity contribution in [2.24, 2.45) is 5.41 Å². The Kier molecular flexibility index (Phi) is 7.13. The maximum Gasteiger partial charge on any atom is 0.471 e. The van der Waals surface area contributed by atoms with Crippen LogP contribution in [0.25, 0.3) is 6.08 Å². The Balaban J connectivity index is 1.21. The van der Waals surface area contributed by atoms with Crippen LogP contribution in [-0.2, 0) is 27.2 Å². The number of pyridine rings is 1. The number of thiophene rings is 1. The third-order valence-electron chi connectivity index (χ3n) is 7.50. The van der Waals surface area contributed by atoms with Crippen molar-refractivity contribution in [3.8, 4) is 0 Å². The van der Waals surface area contributed by atoms with Gasteiger partial charge in [0.15, 0.2) is 0 Å². The lowest BCUT2D eigenvalue weighted by atomic mass is 9.71.